The number of carbonyl (C=O) groups excluding carboxylic acids is 2. The zero-order valence-electron chi connectivity index (χ0n) is 18.9. The van der Waals surface area contributed by atoms with Crippen molar-refractivity contribution in [2.24, 2.45) is 0 Å². The second kappa shape index (κ2) is 8.27. The SMILES string of the molecule is CC[N+]1(CC)c2ccc(C(=O)c3ccccc3)cc2-c2cc(C(=O)c3ccccc3)ccc21. The largest absolute Gasteiger partial charge is 0.289 e. The van der Waals surface area contributed by atoms with Gasteiger partial charge in [-0.2, -0.15) is 0 Å². The predicted molar refractivity (Wildman–Crippen MR) is 134 cm³/mol. The van der Waals surface area contributed by atoms with Crippen molar-refractivity contribution in [3.63, 3.8) is 0 Å². The van der Waals surface area contributed by atoms with Gasteiger partial charge in [0.2, 0.25) is 0 Å². The number of fused-ring (bicyclic) bond motifs is 3. The van der Waals surface area contributed by atoms with E-state index < -0.39 is 0 Å². The molecule has 0 aromatic heterocycles. The molecule has 3 heteroatoms. The summed E-state index contributed by atoms with van der Waals surface area (Å²) < 4.78 is 0.713. The number of quaternary nitrogens is 1. The minimum atomic E-state index is 0.00876. The van der Waals surface area contributed by atoms with Crippen LogP contribution < -0.4 is 4.48 Å². The van der Waals surface area contributed by atoms with Crippen LogP contribution in [0.2, 0.25) is 0 Å². The molecular weight excluding hydrogens is 406 g/mol. The zero-order valence-corrected chi connectivity index (χ0v) is 18.9. The second-order valence-corrected chi connectivity index (χ2v) is 8.45. The fourth-order valence-corrected chi connectivity index (χ4v) is 5.08. The number of hydrogen-bond acceptors (Lipinski definition) is 2. The summed E-state index contributed by atoms with van der Waals surface area (Å²) in [6.45, 7) is 6.17. The highest BCUT2D eigenvalue weighted by molar-refractivity contribution is 6.13. The Morgan fingerprint density at radius 2 is 0.939 bits per heavy atom. The molecule has 0 unspecified atom stereocenters. The number of ketones is 2. The van der Waals surface area contributed by atoms with Gasteiger partial charge >= 0.3 is 0 Å². The molecule has 4 aromatic rings. The van der Waals surface area contributed by atoms with Crippen LogP contribution in [0.5, 0.6) is 0 Å². The molecule has 1 aliphatic rings. The van der Waals surface area contributed by atoms with Crippen molar-refractivity contribution in [1.82, 2.24) is 4.48 Å². The molecule has 33 heavy (non-hydrogen) atoms. The van der Waals surface area contributed by atoms with Crippen LogP contribution in [0.4, 0.5) is 11.4 Å². The zero-order chi connectivity index (χ0) is 23.0. The van der Waals surface area contributed by atoms with E-state index in [1.54, 1.807) is 0 Å². The molecule has 5 rings (SSSR count). The maximum absolute atomic E-state index is 13.2. The molecular formula is C30H26NO2+. The topological polar surface area (TPSA) is 34.1 Å². The molecule has 0 spiro atoms. The minimum absolute atomic E-state index is 0.00876. The van der Waals surface area contributed by atoms with E-state index >= 15 is 0 Å². The van der Waals surface area contributed by atoms with Gasteiger partial charge in [-0.1, -0.05) is 60.7 Å². The van der Waals surface area contributed by atoms with E-state index in [-0.39, 0.29) is 11.6 Å². The van der Waals surface area contributed by atoms with Crippen molar-refractivity contribution in [2.75, 3.05) is 13.1 Å². The Morgan fingerprint density at radius 1 is 0.545 bits per heavy atom. The Morgan fingerprint density at radius 3 is 1.30 bits per heavy atom. The van der Waals surface area contributed by atoms with Gasteiger partial charge in [0, 0.05) is 45.5 Å². The van der Waals surface area contributed by atoms with E-state index in [0.717, 1.165) is 24.2 Å². The Balaban J connectivity index is 1.66. The van der Waals surface area contributed by atoms with Gasteiger partial charge in [0.05, 0.1) is 13.1 Å². The summed E-state index contributed by atoms with van der Waals surface area (Å²) in [6, 6.07) is 30.8. The fraction of sp³-hybridized carbons (Fsp3) is 0.133. The molecule has 0 aliphatic carbocycles. The lowest BCUT2D eigenvalue weighted by Crippen LogP contribution is -2.42. The van der Waals surface area contributed by atoms with Gasteiger partial charge in [-0.25, -0.2) is 0 Å². The molecule has 4 aromatic carbocycles. The first kappa shape index (κ1) is 21.0. The third-order valence-electron chi connectivity index (χ3n) is 6.88. The maximum Gasteiger partial charge on any atom is 0.193 e. The molecule has 3 nitrogen and oxygen atoms in total. The summed E-state index contributed by atoms with van der Waals surface area (Å²) in [5, 5.41) is 0. The molecule has 0 saturated carbocycles. The first-order valence-corrected chi connectivity index (χ1v) is 11.4. The van der Waals surface area contributed by atoms with Gasteiger partial charge in [-0.3, -0.25) is 14.1 Å². The number of rotatable bonds is 6. The van der Waals surface area contributed by atoms with E-state index in [1.807, 2.05) is 84.9 Å². The van der Waals surface area contributed by atoms with Crippen LogP contribution in [0, 0.1) is 0 Å². The standard InChI is InChI=1S/C30H26NO2/c1-3-31(4-2)27-17-15-23(29(32)21-11-7-5-8-12-21)19-25(27)26-20-24(16-18-28(26)31)30(33)22-13-9-6-10-14-22/h5-20H,3-4H2,1-2H3/q+1. The van der Waals surface area contributed by atoms with Gasteiger partial charge in [-0.05, 0) is 38.1 Å². The van der Waals surface area contributed by atoms with E-state index in [0.29, 0.717) is 26.7 Å². The third kappa shape index (κ3) is 3.33. The van der Waals surface area contributed by atoms with Crippen molar-refractivity contribution in [3.05, 3.63) is 119 Å². The summed E-state index contributed by atoms with van der Waals surface area (Å²) in [6.07, 6.45) is 0. The Labute approximate surface area is 194 Å². The molecule has 0 saturated heterocycles. The summed E-state index contributed by atoms with van der Waals surface area (Å²) >= 11 is 0. The molecule has 0 N–H and O–H groups in total. The van der Waals surface area contributed by atoms with E-state index in [9.17, 15) is 9.59 Å². The van der Waals surface area contributed by atoms with Gasteiger partial charge in [0.25, 0.3) is 0 Å². The highest BCUT2D eigenvalue weighted by Gasteiger charge is 2.42. The van der Waals surface area contributed by atoms with E-state index in [2.05, 4.69) is 26.0 Å². The average molecular weight is 433 g/mol. The van der Waals surface area contributed by atoms with Gasteiger partial charge in [0.15, 0.2) is 11.6 Å². The summed E-state index contributed by atoms with van der Waals surface area (Å²) in [5.41, 5.74) is 7.13. The molecule has 0 atom stereocenters. The van der Waals surface area contributed by atoms with Gasteiger partial charge < -0.3 is 0 Å². The predicted octanol–water partition coefficient (Wildman–Crippen LogP) is 6.81. The van der Waals surface area contributed by atoms with Crippen molar-refractivity contribution in [2.45, 2.75) is 13.8 Å². The quantitative estimate of drug-likeness (QED) is 0.248. The molecule has 0 fully saturated rings. The van der Waals surface area contributed by atoms with Crippen molar-refractivity contribution in [1.29, 1.82) is 0 Å². The van der Waals surface area contributed by atoms with Gasteiger partial charge in [-0.15, -0.1) is 0 Å². The first-order valence-electron chi connectivity index (χ1n) is 11.4. The van der Waals surface area contributed by atoms with E-state index in [1.165, 1.54) is 11.4 Å². The number of hydrogen-bond donors (Lipinski definition) is 0. The monoisotopic (exact) mass is 432 g/mol. The van der Waals surface area contributed by atoms with Crippen LogP contribution in [0.15, 0.2) is 97.1 Å². The summed E-state index contributed by atoms with van der Waals surface area (Å²) in [7, 11) is 0. The molecule has 1 aliphatic heterocycles. The molecule has 0 bridgehead atoms. The number of nitrogens with zero attached hydrogens (tertiary/aromatic N) is 1. The van der Waals surface area contributed by atoms with Crippen LogP contribution in [0.1, 0.15) is 45.7 Å². The highest BCUT2D eigenvalue weighted by Crippen LogP contribution is 2.53. The Kier molecular flexibility index (Phi) is 5.27. The number of carbonyl (C=O) groups is 2. The molecule has 162 valence electrons. The Bertz CT molecular complexity index is 1250. The molecule has 0 radical (unpaired) electrons. The third-order valence-corrected chi connectivity index (χ3v) is 6.88. The van der Waals surface area contributed by atoms with Gasteiger partial charge in [0.1, 0.15) is 11.4 Å². The first-order chi connectivity index (χ1) is 16.1. The number of benzene rings is 4. The molecule has 0 amide bonds. The van der Waals surface area contributed by atoms with Crippen molar-refractivity contribution < 1.29 is 9.59 Å². The average Bonchev–Trinajstić information content (AvgIpc) is 3.17. The molecule has 1 heterocycles. The van der Waals surface area contributed by atoms with Crippen LogP contribution >= 0.6 is 0 Å². The van der Waals surface area contributed by atoms with Crippen LogP contribution in [-0.2, 0) is 0 Å². The van der Waals surface area contributed by atoms with Crippen LogP contribution in [0.3, 0.4) is 0 Å². The summed E-state index contributed by atoms with van der Waals surface area (Å²) in [4.78, 5) is 26.3. The lowest BCUT2D eigenvalue weighted by Gasteiger charge is -2.32. The maximum atomic E-state index is 13.2. The second-order valence-electron chi connectivity index (χ2n) is 8.45. The smallest absolute Gasteiger partial charge is 0.193 e. The van der Waals surface area contributed by atoms with Crippen molar-refractivity contribution in [3.8, 4) is 11.1 Å². The van der Waals surface area contributed by atoms with Crippen molar-refractivity contribution >= 4 is 22.9 Å². The van der Waals surface area contributed by atoms with E-state index in [4.69, 9.17) is 0 Å². The Hall–Kier alpha value is -3.82. The fourth-order valence-electron chi connectivity index (χ4n) is 5.08. The lowest BCUT2D eigenvalue weighted by atomic mass is 9.95. The lowest BCUT2D eigenvalue weighted by molar-refractivity contribution is 0.103. The highest BCUT2D eigenvalue weighted by atomic mass is 16.1. The van der Waals surface area contributed by atoms with Crippen LogP contribution in [-0.4, -0.2) is 24.7 Å². The minimum Gasteiger partial charge on any atom is -0.289 e. The normalized spacial score (nSPS) is 13.3. The summed E-state index contributed by atoms with van der Waals surface area (Å²) in [5.74, 6) is 0.0175. The van der Waals surface area contributed by atoms with Crippen LogP contribution in [0.25, 0.3) is 11.1 Å².